The SMILES string of the molecule is CCCCCCCCCCCCCCCCC(=O)OCC1COC(C)(c2ncccc2C)O1. The topological polar surface area (TPSA) is 57.7 Å². The fraction of sp³-hybridized carbons (Fsp3) is 0.786. The molecule has 2 heterocycles. The molecule has 1 aliphatic rings. The number of aromatic nitrogens is 1. The Kier molecular flexibility index (Phi) is 13.7. The Morgan fingerprint density at radius 2 is 1.58 bits per heavy atom. The van der Waals surface area contributed by atoms with Gasteiger partial charge in [-0.15, -0.1) is 0 Å². The lowest BCUT2D eigenvalue weighted by Crippen LogP contribution is -2.28. The van der Waals surface area contributed by atoms with Gasteiger partial charge in [-0.25, -0.2) is 0 Å². The quantitative estimate of drug-likeness (QED) is 0.168. The highest BCUT2D eigenvalue weighted by Gasteiger charge is 2.41. The first-order valence-corrected chi connectivity index (χ1v) is 13.4. The number of carbonyl (C=O) groups excluding carboxylic acids is 1. The zero-order chi connectivity index (χ0) is 23.8. The van der Waals surface area contributed by atoms with Crippen LogP contribution in [0.3, 0.4) is 0 Å². The van der Waals surface area contributed by atoms with Crippen molar-refractivity contribution in [3.8, 4) is 0 Å². The number of rotatable bonds is 18. The maximum Gasteiger partial charge on any atom is 0.305 e. The number of pyridine rings is 1. The van der Waals surface area contributed by atoms with Crippen LogP contribution < -0.4 is 0 Å². The van der Waals surface area contributed by atoms with Crippen molar-refractivity contribution in [2.75, 3.05) is 13.2 Å². The Morgan fingerprint density at radius 1 is 1.00 bits per heavy atom. The van der Waals surface area contributed by atoms with Crippen molar-refractivity contribution in [1.82, 2.24) is 4.98 Å². The molecule has 188 valence electrons. The number of unbranched alkanes of at least 4 members (excludes halogenated alkanes) is 13. The van der Waals surface area contributed by atoms with Gasteiger partial charge in [0, 0.05) is 12.6 Å². The Labute approximate surface area is 202 Å². The van der Waals surface area contributed by atoms with E-state index in [0.29, 0.717) is 13.0 Å². The van der Waals surface area contributed by atoms with E-state index in [1.807, 2.05) is 26.0 Å². The summed E-state index contributed by atoms with van der Waals surface area (Å²) in [5, 5.41) is 0. The summed E-state index contributed by atoms with van der Waals surface area (Å²) < 4.78 is 17.3. The van der Waals surface area contributed by atoms with Crippen LogP contribution in [0.5, 0.6) is 0 Å². The molecule has 0 N–H and O–H groups in total. The Bertz CT molecular complexity index is 665. The lowest BCUT2D eigenvalue weighted by molar-refractivity contribution is -0.174. The van der Waals surface area contributed by atoms with Crippen LogP contribution >= 0.6 is 0 Å². The van der Waals surface area contributed by atoms with Crippen molar-refractivity contribution in [3.63, 3.8) is 0 Å². The van der Waals surface area contributed by atoms with Crippen molar-refractivity contribution in [1.29, 1.82) is 0 Å². The van der Waals surface area contributed by atoms with E-state index >= 15 is 0 Å². The van der Waals surface area contributed by atoms with Gasteiger partial charge in [0.25, 0.3) is 0 Å². The predicted molar refractivity (Wildman–Crippen MR) is 133 cm³/mol. The molecule has 0 amide bonds. The third kappa shape index (κ3) is 11.0. The lowest BCUT2D eigenvalue weighted by atomic mass is 10.0. The maximum atomic E-state index is 12.1. The monoisotopic (exact) mass is 461 g/mol. The molecule has 0 aliphatic carbocycles. The molecule has 2 atom stereocenters. The highest BCUT2D eigenvalue weighted by atomic mass is 16.8. The summed E-state index contributed by atoms with van der Waals surface area (Å²) in [6, 6.07) is 3.89. The average Bonchev–Trinajstić information content (AvgIpc) is 3.20. The van der Waals surface area contributed by atoms with Gasteiger partial charge in [-0.3, -0.25) is 9.78 Å². The number of hydrogen-bond donors (Lipinski definition) is 0. The standard InChI is InChI=1S/C28H47NO4/c1-4-5-6-7-8-9-10-11-12-13-14-15-16-17-20-26(30)31-22-25-23-32-28(3,33-25)27-24(2)19-18-21-29-27/h18-19,21,25H,4-17,20,22-23H2,1-3H3. The van der Waals surface area contributed by atoms with Gasteiger partial charge in [-0.2, -0.15) is 0 Å². The number of nitrogens with zero attached hydrogens (tertiary/aromatic N) is 1. The van der Waals surface area contributed by atoms with Crippen LogP contribution in [0.1, 0.15) is 121 Å². The zero-order valence-electron chi connectivity index (χ0n) is 21.4. The van der Waals surface area contributed by atoms with Crippen molar-refractivity contribution in [3.05, 3.63) is 29.6 Å². The maximum absolute atomic E-state index is 12.1. The summed E-state index contributed by atoms with van der Waals surface area (Å²) in [5.41, 5.74) is 1.80. The Morgan fingerprint density at radius 3 is 2.15 bits per heavy atom. The van der Waals surface area contributed by atoms with Crippen molar-refractivity contribution >= 4 is 5.97 Å². The van der Waals surface area contributed by atoms with Gasteiger partial charge in [-0.1, -0.05) is 96.5 Å². The average molecular weight is 462 g/mol. The first-order chi connectivity index (χ1) is 16.0. The first-order valence-electron chi connectivity index (χ1n) is 13.4. The molecule has 1 aromatic heterocycles. The number of hydrogen-bond acceptors (Lipinski definition) is 5. The van der Waals surface area contributed by atoms with E-state index in [1.54, 1.807) is 6.20 Å². The molecule has 1 aliphatic heterocycles. The molecule has 33 heavy (non-hydrogen) atoms. The molecule has 1 saturated heterocycles. The van der Waals surface area contributed by atoms with E-state index in [9.17, 15) is 4.79 Å². The largest absolute Gasteiger partial charge is 0.463 e. The molecule has 2 rings (SSSR count). The number of carbonyl (C=O) groups is 1. The summed E-state index contributed by atoms with van der Waals surface area (Å²) in [6.45, 7) is 6.77. The van der Waals surface area contributed by atoms with E-state index in [4.69, 9.17) is 14.2 Å². The molecule has 1 aromatic rings. The molecule has 1 fully saturated rings. The molecule has 0 saturated carbocycles. The minimum absolute atomic E-state index is 0.139. The van der Waals surface area contributed by atoms with E-state index in [-0.39, 0.29) is 18.7 Å². The predicted octanol–water partition coefficient (Wildman–Crippen LogP) is 7.39. The van der Waals surface area contributed by atoms with Crippen LogP contribution in [0, 0.1) is 6.92 Å². The summed E-state index contributed by atoms with van der Waals surface area (Å²) in [6.07, 6.45) is 20.3. The normalized spacial score (nSPS) is 20.3. The molecule has 0 bridgehead atoms. The number of aryl methyl sites for hydroxylation is 1. The van der Waals surface area contributed by atoms with Crippen molar-refractivity contribution in [2.24, 2.45) is 0 Å². The second-order valence-corrected chi connectivity index (χ2v) is 9.69. The Balaban J connectivity index is 1.42. The van der Waals surface area contributed by atoms with E-state index < -0.39 is 5.79 Å². The Hall–Kier alpha value is -1.46. The van der Waals surface area contributed by atoms with Crippen LogP contribution in [0.15, 0.2) is 18.3 Å². The number of esters is 1. The third-order valence-corrected chi connectivity index (χ3v) is 6.54. The first kappa shape index (κ1) is 27.8. The van der Waals surface area contributed by atoms with Crippen LogP contribution in [0.25, 0.3) is 0 Å². The fourth-order valence-corrected chi connectivity index (χ4v) is 4.53. The summed E-state index contributed by atoms with van der Waals surface area (Å²) in [4.78, 5) is 16.5. The highest BCUT2D eigenvalue weighted by Crippen LogP contribution is 2.34. The lowest BCUT2D eigenvalue weighted by Gasteiger charge is -2.24. The third-order valence-electron chi connectivity index (χ3n) is 6.54. The second kappa shape index (κ2) is 16.2. The number of ether oxygens (including phenoxy) is 3. The van der Waals surface area contributed by atoms with Gasteiger partial charge in [0.05, 0.1) is 6.61 Å². The van der Waals surface area contributed by atoms with Crippen LogP contribution in [-0.4, -0.2) is 30.3 Å². The summed E-state index contributed by atoms with van der Waals surface area (Å²) in [5.74, 6) is -1.02. The molecule has 5 nitrogen and oxygen atoms in total. The molecular weight excluding hydrogens is 414 g/mol. The molecular formula is C28H47NO4. The fourth-order valence-electron chi connectivity index (χ4n) is 4.53. The van der Waals surface area contributed by atoms with Crippen LogP contribution in [-0.2, 0) is 24.8 Å². The van der Waals surface area contributed by atoms with Crippen molar-refractivity contribution in [2.45, 2.75) is 129 Å². The molecule has 0 aromatic carbocycles. The van der Waals surface area contributed by atoms with Gasteiger partial charge < -0.3 is 14.2 Å². The van der Waals surface area contributed by atoms with Gasteiger partial charge in [0.1, 0.15) is 18.4 Å². The van der Waals surface area contributed by atoms with Crippen molar-refractivity contribution < 1.29 is 19.0 Å². The second-order valence-electron chi connectivity index (χ2n) is 9.69. The van der Waals surface area contributed by atoms with E-state index in [1.165, 1.54) is 77.0 Å². The molecule has 0 spiro atoms. The minimum atomic E-state index is -0.878. The smallest absolute Gasteiger partial charge is 0.305 e. The molecule has 2 unspecified atom stereocenters. The van der Waals surface area contributed by atoms with Gasteiger partial charge >= 0.3 is 5.97 Å². The summed E-state index contributed by atoms with van der Waals surface area (Å²) in [7, 11) is 0. The van der Waals surface area contributed by atoms with Crippen LogP contribution in [0.4, 0.5) is 0 Å². The highest BCUT2D eigenvalue weighted by molar-refractivity contribution is 5.69. The molecule has 0 radical (unpaired) electrons. The van der Waals surface area contributed by atoms with Crippen LogP contribution in [0.2, 0.25) is 0 Å². The van der Waals surface area contributed by atoms with Gasteiger partial charge in [0.15, 0.2) is 0 Å². The minimum Gasteiger partial charge on any atom is -0.463 e. The van der Waals surface area contributed by atoms with E-state index in [2.05, 4.69) is 11.9 Å². The zero-order valence-corrected chi connectivity index (χ0v) is 21.4. The van der Waals surface area contributed by atoms with E-state index in [0.717, 1.165) is 24.1 Å². The van der Waals surface area contributed by atoms with Gasteiger partial charge in [-0.05, 0) is 31.9 Å². The summed E-state index contributed by atoms with van der Waals surface area (Å²) >= 11 is 0. The molecule has 5 heteroatoms. The van der Waals surface area contributed by atoms with Gasteiger partial charge in [0.2, 0.25) is 5.79 Å².